The number of hydrazine groups is 1. The molecular weight excluding hydrogens is 184 g/mol. The van der Waals surface area contributed by atoms with Crippen LogP contribution in [0, 0.1) is 11.8 Å². The molecule has 0 radical (unpaired) electrons. The number of hydrogen-bond donors (Lipinski definition) is 2. The number of rotatable bonds is 1. The molecule has 1 aromatic carbocycles. The fraction of sp³-hybridized carbons (Fsp3) is 0.538. The Hall–Kier alpha value is -0.860. The van der Waals surface area contributed by atoms with E-state index in [-0.39, 0.29) is 0 Å². The summed E-state index contributed by atoms with van der Waals surface area (Å²) in [5.74, 6) is 7.19. The molecule has 3 N–H and O–H groups in total. The van der Waals surface area contributed by atoms with Gasteiger partial charge in [-0.3, -0.25) is 11.3 Å². The Kier molecular flexibility index (Phi) is 2.26. The average molecular weight is 202 g/mol. The van der Waals surface area contributed by atoms with Crippen LogP contribution in [0.3, 0.4) is 0 Å². The van der Waals surface area contributed by atoms with Crippen molar-refractivity contribution in [3.05, 3.63) is 35.4 Å². The summed E-state index contributed by atoms with van der Waals surface area (Å²) >= 11 is 0. The molecule has 1 fully saturated rings. The van der Waals surface area contributed by atoms with Crippen LogP contribution in [0.15, 0.2) is 24.3 Å². The molecular formula is C13H18N2. The van der Waals surface area contributed by atoms with E-state index in [0.29, 0.717) is 6.04 Å². The molecule has 2 aliphatic carbocycles. The van der Waals surface area contributed by atoms with E-state index in [9.17, 15) is 0 Å². The van der Waals surface area contributed by atoms with Crippen LogP contribution in [0.4, 0.5) is 0 Å². The molecule has 0 amide bonds. The van der Waals surface area contributed by atoms with Gasteiger partial charge in [-0.05, 0) is 48.6 Å². The minimum atomic E-state index is 0.539. The van der Waals surface area contributed by atoms with Crippen molar-refractivity contribution in [3.8, 4) is 0 Å². The quantitative estimate of drug-likeness (QED) is 0.537. The molecule has 3 rings (SSSR count). The van der Waals surface area contributed by atoms with Crippen LogP contribution in [-0.4, -0.2) is 6.04 Å². The van der Waals surface area contributed by atoms with Crippen molar-refractivity contribution >= 4 is 0 Å². The lowest BCUT2D eigenvalue weighted by molar-refractivity contribution is 0.348. The zero-order valence-electron chi connectivity index (χ0n) is 8.95. The zero-order valence-corrected chi connectivity index (χ0v) is 8.95. The van der Waals surface area contributed by atoms with Gasteiger partial charge in [0.1, 0.15) is 0 Å². The minimum absolute atomic E-state index is 0.539. The largest absolute Gasteiger partial charge is 0.271 e. The van der Waals surface area contributed by atoms with E-state index >= 15 is 0 Å². The van der Waals surface area contributed by atoms with Crippen molar-refractivity contribution in [1.82, 2.24) is 5.43 Å². The Morgan fingerprint density at radius 1 is 1.00 bits per heavy atom. The second-order valence-electron chi connectivity index (χ2n) is 4.97. The highest BCUT2D eigenvalue weighted by molar-refractivity contribution is 5.30. The van der Waals surface area contributed by atoms with Crippen molar-refractivity contribution in [2.24, 2.45) is 17.7 Å². The van der Waals surface area contributed by atoms with Crippen LogP contribution in [0.2, 0.25) is 0 Å². The fourth-order valence-electron chi connectivity index (χ4n) is 3.42. The molecule has 0 saturated heterocycles. The van der Waals surface area contributed by atoms with Crippen LogP contribution >= 0.6 is 0 Å². The number of benzene rings is 1. The summed E-state index contributed by atoms with van der Waals surface area (Å²) in [6, 6.07) is 9.41. The van der Waals surface area contributed by atoms with Crippen molar-refractivity contribution in [3.63, 3.8) is 0 Å². The summed E-state index contributed by atoms with van der Waals surface area (Å²) in [4.78, 5) is 0. The maximum absolute atomic E-state index is 5.68. The molecule has 2 aliphatic rings. The van der Waals surface area contributed by atoms with E-state index in [1.54, 1.807) is 11.1 Å². The topological polar surface area (TPSA) is 38.0 Å². The smallest absolute Gasteiger partial charge is 0.0273 e. The summed E-state index contributed by atoms with van der Waals surface area (Å²) in [5.41, 5.74) is 6.13. The monoisotopic (exact) mass is 202 g/mol. The third-order valence-corrected chi connectivity index (χ3v) is 4.20. The molecule has 15 heavy (non-hydrogen) atoms. The van der Waals surface area contributed by atoms with Gasteiger partial charge >= 0.3 is 0 Å². The van der Waals surface area contributed by atoms with E-state index in [1.165, 1.54) is 25.7 Å². The number of nitrogens with one attached hydrogen (secondary N) is 1. The van der Waals surface area contributed by atoms with E-state index in [1.807, 2.05) is 0 Å². The van der Waals surface area contributed by atoms with Gasteiger partial charge < -0.3 is 0 Å². The van der Waals surface area contributed by atoms with Gasteiger partial charge in [-0.1, -0.05) is 24.3 Å². The average Bonchev–Trinajstić information content (AvgIpc) is 2.54. The SMILES string of the molecule is NNC1C2CCC1Cc1ccccc1C2. The maximum atomic E-state index is 5.68. The van der Waals surface area contributed by atoms with Crippen LogP contribution in [0.1, 0.15) is 24.0 Å². The minimum Gasteiger partial charge on any atom is -0.271 e. The normalized spacial score (nSPS) is 33.5. The number of fused-ring (bicyclic) bond motifs is 3. The Bertz CT molecular complexity index is 328. The van der Waals surface area contributed by atoms with Crippen molar-refractivity contribution in [1.29, 1.82) is 0 Å². The second-order valence-corrected chi connectivity index (χ2v) is 4.97. The predicted octanol–water partition coefficient (Wildman–Crippen LogP) is 1.64. The molecule has 0 heterocycles. The van der Waals surface area contributed by atoms with Crippen molar-refractivity contribution in [2.45, 2.75) is 31.7 Å². The van der Waals surface area contributed by atoms with Gasteiger partial charge in [0.05, 0.1) is 0 Å². The van der Waals surface area contributed by atoms with Crippen molar-refractivity contribution in [2.75, 3.05) is 0 Å². The molecule has 0 aliphatic heterocycles. The number of hydrogen-bond acceptors (Lipinski definition) is 2. The van der Waals surface area contributed by atoms with E-state index in [0.717, 1.165) is 11.8 Å². The summed E-state index contributed by atoms with van der Waals surface area (Å²) in [6.45, 7) is 0. The maximum Gasteiger partial charge on any atom is 0.0273 e. The van der Waals surface area contributed by atoms with Gasteiger partial charge in [0.25, 0.3) is 0 Å². The molecule has 1 saturated carbocycles. The fourth-order valence-corrected chi connectivity index (χ4v) is 3.42. The standard InChI is InChI=1S/C13H18N2/c14-15-13-11-5-6-12(13)8-10-4-2-1-3-9(10)7-11/h1-4,11-13,15H,5-8,14H2. The summed E-state index contributed by atoms with van der Waals surface area (Å²) < 4.78 is 0. The highest BCUT2D eigenvalue weighted by Gasteiger charge is 2.37. The van der Waals surface area contributed by atoms with Crippen LogP contribution < -0.4 is 11.3 Å². The molecule has 2 bridgehead atoms. The van der Waals surface area contributed by atoms with E-state index in [2.05, 4.69) is 29.7 Å². The highest BCUT2D eigenvalue weighted by Crippen LogP contribution is 2.39. The Morgan fingerprint density at radius 2 is 1.53 bits per heavy atom. The Balaban J connectivity index is 1.97. The third kappa shape index (κ3) is 1.48. The molecule has 2 unspecified atom stereocenters. The first-order valence-corrected chi connectivity index (χ1v) is 5.91. The third-order valence-electron chi connectivity index (χ3n) is 4.20. The Labute approximate surface area is 90.8 Å². The Morgan fingerprint density at radius 3 is 2.00 bits per heavy atom. The van der Waals surface area contributed by atoms with Crippen molar-refractivity contribution < 1.29 is 0 Å². The first kappa shape index (κ1) is 9.37. The lowest BCUT2D eigenvalue weighted by atomic mass is 9.94. The first-order valence-electron chi connectivity index (χ1n) is 5.91. The van der Waals surface area contributed by atoms with Gasteiger partial charge in [-0.25, -0.2) is 0 Å². The van der Waals surface area contributed by atoms with Gasteiger partial charge in [-0.2, -0.15) is 0 Å². The molecule has 1 aromatic rings. The van der Waals surface area contributed by atoms with Gasteiger partial charge in [0.15, 0.2) is 0 Å². The zero-order chi connectivity index (χ0) is 10.3. The molecule has 2 atom stereocenters. The molecule has 0 aromatic heterocycles. The summed E-state index contributed by atoms with van der Waals surface area (Å²) in [6.07, 6.45) is 5.10. The lowest BCUT2D eigenvalue weighted by Crippen LogP contribution is -2.42. The molecule has 2 nitrogen and oxygen atoms in total. The molecule has 2 heteroatoms. The van der Waals surface area contributed by atoms with Gasteiger partial charge in [0.2, 0.25) is 0 Å². The van der Waals surface area contributed by atoms with Gasteiger partial charge in [-0.15, -0.1) is 0 Å². The van der Waals surface area contributed by atoms with E-state index < -0.39 is 0 Å². The number of nitrogens with two attached hydrogens (primary N) is 1. The summed E-state index contributed by atoms with van der Waals surface area (Å²) in [7, 11) is 0. The first-order chi connectivity index (χ1) is 7.38. The van der Waals surface area contributed by atoms with Crippen LogP contribution in [0.25, 0.3) is 0 Å². The van der Waals surface area contributed by atoms with Gasteiger partial charge in [0, 0.05) is 6.04 Å². The van der Waals surface area contributed by atoms with E-state index in [4.69, 9.17) is 5.84 Å². The second kappa shape index (κ2) is 3.62. The molecule has 80 valence electrons. The summed E-state index contributed by atoms with van der Waals surface area (Å²) in [5, 5.41) is 0. The van der Waals surface area contributed by atoms with Crippen LogP contribution in [0.5, 0.6) is 0 Å². The lowest BCUT2D eigenvalue weighted by Gasteiger charge is -2.20. The highest BCUT2D eigenvalue weighted by atomic mass is 15.2. The predicted molar refractivity (Wildman–Crippen MR) is 61.2 cm³/mol. The van der Waals surface area contributed by atoms with Crippen LogP contribution in [-0.2, 0) is 12.8 Å². The molecule has 0 spiro atoms.